The second kappa shape index (κ2) is 6.26. The van der Waals surface area contributed by atoms with Crippen molar-refractivity contribution in [2.75, 3.05) is 4.90 Å². The van der Waals surface area contributed by atoms with Gasteiger partial charge in [-0.1, -0.05) is 17.7 Å². The summed E-state index contributed by atoms with van der Waals surface area (Å²) in [6.07, 6.45) is 4.84. The number of rotatable bonds is 4. The highest BCUT2D eigenvalue weighted by atomic mass is 16.3. The van der Waals surface area contributed by atoms with Crippen LogP contribution in [0.15, 0.2) is 71.6 Å². The molecule has 0 aliphatic carbocycles. The molecule has 0 unspecified atom stereocenters. The van der Waals surface area contributed by atoms with Crippen LogP contribution >= 0.6 is 0 Å². The molecule has 0 N–H and O–H groups in total. The molecule has 0 spiro atoms. The number of aromatic nitrogens is 1. The van der Waals surface area contributed by atoms with Gasteiger partial charge in [-0.3, -0.25) is 9.78 Å². The monoisotopic (exact) mass is 292 g/mol. The molecule has 1 amide bonds. The topological polar surface area (TPSA) is 46.3 Å². The largest absolute Gasteiger partial charge is 0.467 e. The fourth-order valence-electron chi connectivity index (χ4n) is 2.21. The molecule has 0 bridgehead atoms. The first-order chi connectivity index (χ1) is 10.7. The zero-order valence-electron chi connectivity index (χ0n) is 12.3. The Hall–Kier alpha value is -2.88. The Bertz CT molecular complexity index is 735. The summed E-state index contributed by atoms with van der Waals surface area (Å²) in [6.45, 7) is 2.40. The van der Waals surface area contributed by atoms with E-state index in [0.29, 0.717) is 12.1 Å². The van der Waals surface area contributed by atoms with Gasteiger partial charge in [-0.25, -0.2) is 0 Å². The normalized spacial score (nSPS) is 10.4. The second-order valence-electron chi connectivity index (χ2n) is 5.05. The summed E-state index contributed by atoms with van der Waals surface area (Å²) in [7, 11) is 0. The number of furan rings is 1. The van der Waals surface area contributed by atoms with Crippen LogP contribution in [-0.4, -0.2) is 10.9 Å². The first-order valence-corrected chi connectivity index (χ1v) is 7.05. The number of carbonyl (C=O) groups is 1. The maximum atomic E-state index is 12.8. The first kappa shape index (κ1) is 14.1. The van der Waals surface area contributed by atoms with Crippen LogP contribution in [0.5, 0.6) is 0 Å². The molecule has 0 saturated carbocycles. The highest BCUT2D eigenvalue weighted by Crippen LogP contribution is 2.21. The summed E-state index contributed by atoms with van der Waals surface area (Å²) in [4.78, 5) is 18.5. The molecule has 22 heavy (non-hydrogen) atoms. The van der Waals surface area contributed by atoms with E-state index in [9.17, 15) is 4.79 Å². The number of pyridine rings is 1. The molecular formula is C18H16N2O2. The van der Waals surface area contributed by atoms with Crippen molar-refractivity contribution < 1.29 is 9.21 Å². The average Bonchev–Trinajstić information content (AvgIpc) is 3.07. The van der Waals surface area contributed by atoms with Gasteiger partial charge in [0.1, 0.15) is 5.76 Å². The minimum absolute atomic E-state index is 0.103. The van der Waals surface area contributed by atoms with E-state index >= 15 is 0 Å². The molecule has 0 saturated heterocycles. The van der Waals surface area contributed by atoms with Crippen molar-refractivity contribution in [2.45, 2.75) is 13.5 Å². The van der Waals surface area contributed by atoms with Gasteiger partial charge >= 0.3 is 0 Å². The summed E-state index contributed by atoms with van der Waals surface area (Å²) in [5.41, 5.74) is 2.53. The molecule has 1 aromatic carbocycles. The zero-order valence-corrected chi connectivity index (χ0v) is 12.3. The van der Waals surface area contributed by atoms with Crippen LogP contribution in [-0.2, 0) is 6.54 Å². The summed E-state index contributed by atoms with van der Waals surface area (Å²) in [5, 5.41) is 0. The van der Waals surface area contributed by atoms with E-state index in [-0.39, 0.29) is 5.91 Å². The molecule has 3 aromatic rings. The first-order valence-electron chi connectivity index (χ1n) is 7.05. The molecular weight excluding hydrogens is 276 g/mol. The Labute approximate surface area is 129 Å². The third-order valence-corrected chi connectivity index (χ3v) is 3.39. The van der Waals surface area contributed by atoms with E-state index in [2.05, 4.69) is 4.98 Å². The molecule has 0 atom stereocenters. The van der Waals surface area contributed by atoms with Gasteiger partial charge in [-0.15, -0.1) is 0 Å². The molecule has 0 aliphatic heterocycles. The van der Waals surface area contributed by atoms with Crippen molar-refractivity contribution in [3.05, 3.63) is 84.1 Å². The summed E-state index contributed by atoms with van der Waals surface area (Å²) in [5.74, 6) is 0.631. The van der Waals surface area contributed by atoms with Crippen LogP contribution in [0.4, 0.5) is 5.69 Å². The van der Waals surface area contributed by atoms with E-state index in [0.717, 1.165) is 17.0 Å². The molecule has 3 rings (SSSR count). The van der Waals surface area contributed by atoms with Crippen molar-refractivity contribution in [3.8, 4) is 0 Å². The standard InChI is InChI=1S/C18H16N2O2/c1-14-6-8-16(9-7-14)20(13-17-5-3-11-22-17)18(21)15-4-2-10-19-12-15/h2-12H,13H2,1H3. The smallest absolute Gasteiger partial charge is 0.260 e. The summed E-state index contributed by atoms with van der Waals surface area (Å²) >= 11 is 0. The van der Waals surface area contributed by atoms with E-state index in [1.165, 1.54) is 0 Å². The Morgan fingerprint density at radius 1 is 1.14 bits per heavy atom. The molecule has 110 valence electrons. The number of amides is 1. The number of hydrogen-bond donors (Lipinski definition) is 0. The predicted octanol–water partition coefficient (Wildman–Crippen LogP) is 3.83. The summed E-state index contributed by atoms with van der Waals surface area (Å²) < 4.78 is 5.39. The van der Waals surface area contributed by atoms with Crippen LogP contribution < -0.4 is 4.90 Å². The van der Waals surface area contributed by atoms with Crippen molar-refractivity contribution in [1.82, 2.24) is 4.98 Å². The maximum absolute atomic E-state index is 12.8. The highest BCUT2D eigenvalue weighted by molar-refractivity contribution is 6.05. The lowest BCUT2D eigenvalue weighted by Crippen LogP contribution is -2.30. The van der Waals surface area contributed by atoms with Gasteiger partial charge in [0.2, 0.25) is 0 Å². The van der Waals surface area contributed by atoms with Crippen LogP contribution in [0.25, 0.3) is 0 Å². The third kappa shape index (κ3) is 3.06. The zero-order chi connectivity index (χ0) is 15.4. The number of aryl methyl sites for hydroxylation is 1. The van der Waals surface area contributed by atoms with E-state index in [4.69, 9.17) is 4.42 Å². The molecule has 0 fully saturated rings. The van der Waals surface area contributed by atoms with Crippen molar-refractivity contribution in [1.29, 1.82) is 0 Å². The number of hydrogen-bond acceptors (Lipinski definition) is 3. The number of nitrogens with zero attached hydrogens (tertiary/aromatic N) is 2. The Morgan fingerprint density at radius 3 is 2.59 bits per heavy atom. The van der Waals surface area contributed by atoms with Gasteiger partial charge < -0.3 is 9.32 Å². The van der Waals surface area contributed by atoms with Crippen LogP contribution in [0.3, 0.4) is 0 Å². The highest BCUT2D eigenvalue weighted by Gasteiger charge is 2.19. The van der Waals surface area contributed by atoms with Crippen LogP contribution in [0, 0.1) is 6.92 Å². The minimum atomic E-state index is -0.103. The number of benzene rings is 1. The van der Waals surface area contributed by atoms with E-state index in [1.807, 2.05) is 43.3 Å². The molecule has 4 heteroatoms. The lowest BCUT2D eigenvalue weighted by Gasteiger charge is -2.22. The Kier molecular flexibility index (Phi) is 4.01. The third-order valence-electron chi connectivity index (χ3n) is 3.39. The lowest BCUT2D eigenvalue weighted by molar-refractivity contribution is 0.0983. The number of anilines is 1. The van der Waals surface area contributed by atoms with Gasteiger partial charge in [-0.05, 0) is 43.3 Å². The van der Waals surface area contributed by atoms with Crippen molar-refractivity contribution in [2.24, 2.45) is 0 Å². The summed E-state index contributed by atoms with van der Waals surface area (Å²) in [6, 6.07) is 15.0. The van der Waals surface area contributed by atoms with E-state index < -0.39 is 0 Å². The van der Waals surface area contributed by atoms with Crippen molar-refractivity contribution in [3.63, 3.8) is 0 Å². The predicted molar refractivity (Wildman–Crippen MR) is 84.6 cm³/mol. The molecule has 4 nitrogen and oxygen atoms in total. The Morgan fingerprint density at radius 2 is 1.95 bits per heavy atom. The minimum Gasteiger partial charge on any atom is -0.467 e. The Balaban J connectivity index is 1.95. The second-order valence-corrected chi connectivity index (χ2v) is 5.05. The fourth-order valence-corrected chi connectivity index (χ4v) is 2.21. The molecule has 0 aliphatic rings. The molecule has 2 aromatic heterocycles. The maximum Gasteiger partial charge on any atom is 0.260 e. The number of carbonyl (C=O) groups excluding carboxylic acids is 1. The van der Waals surface area contributed by atoms with Gasteiger partial charge in [-0.2, -0.15) is 0 Å². The SMILES string of the molecule is Cc1ccc(N(Cc2ccco2)C(=O)c2cccnc2)cc1. The van der Waals surface area contributed by atoms with Gasteiger partial charge in [0, 0.05) is 18.1 Å². The molecule has 2 heterocycles. The lowest BCUT2D eigenvalue weighted by atomic mass is 10.2. The van der Waals surface area contributed by atoms with E-state index in [1.54, 1.807) is 35.7 Å². The van der Waals surface area contributed by atoms with Crippen LogP contribution in [0.1, 0.15) is 21.7 Å². The molecule has 0 radical (unpaired) electrons. The quantitative estimate of drug-likeness (QED) is 0.734. The van der Waals surface area contributed by atoms with Gasteiger partial charge in [0.15, 0.2) is 0 Å². The van der Waals surface area contributed by atoms with Crippen molar-refractivity contribution >= 4 is 11.6 Å². The fraction of sp³-hybridized carbons (Fsp3) is 0.111. The van der Waals surface area contributed by atoms with Crippen LogP contribution in [0.2, 0.25) is 0 Å². The van der Waals surface area contributed by atoms with Gasteiger partial charge in [0.25, 0.3) is 5.91 Å². The average molecular weight is 292 g/mol. The van der Waals surface area contributed by atoms with Gasteiger partial charge in [0.05, 0.1) is 18.4 Å².